The average molecular weight is 429 g/mol. The van der Waals surface area contributed by atoms with Gasteiger partial charge in [0, 0.05) is 22.7 Å². The van der Waals surface area contributed by atoms with Gasteiger partial charge in [-0.1, -0.05) is 29.8 Å². The highest BCUT2D eigenvalue weighted by Gasteiger charge is 2.15. The summed E-state index contributed by atoms with van der Waals surface area (Å²) < 4.78 is 19.3. The molecule has 2 aromatic rings. The van der Waals surface area contributed by atoms with Crippen LogP contribution in [0.4, 0.5) is 4.39 Å². The van der Waals surface area contributed by atoms with Crippen molar-refractivity contribution in [3.63, 3.8) is 0 Å². The quantitative estimate of drug-likeness (QED) is 0.607. The third-order valence-electron chi connectivity index (χ3n) is 3.74. The smallest absolute Gasteiger partial charge is 0.258 e. The number of carbonyl (C=O) groups is 1. The summed E-state index contributed by atoms with van der Waals surface area (Å²) in [5, 5.41) is 6.71. The van der Waals surface area contributed by atoms with Gasteiger partial charge in [0.15, 0.2) is 6.61 Å². The van der Waals surface area contributed by atoms with Gasteiger partial charge in [-0.2, -0.15) is 0 Å². The normalized spacial score (nSPS) is 10.9. The molecule has 0 saturated carbocycles. The van der Waals surface area contributed by atoms with Gasteiger partial charge in [-0.25, -0.2) is 4.39 Å². The highest BCUT2D eigenvalue weighted by Crippen LogP contribution is 2.23. The Bertz CT molecular complexity index is 779. The van der Waals surface area contributed by atoms with Crippen LogP contribution in [0.3, 0.4) is 0 Å². The van der Waals surface area contributed by atoms with Crippen LogP contribution in [0, 0.1) is 5.82 Å². The minimum atomic E-state index is -0.308. The summed E-state index contributed by atoms with van der Waals surface area (Å²) in [6.45, 7) is 6.79. The number of carbonyl (C=O) groups excluding carboxylic acids is 1. The van der Waals surface area contributed by atoms with Crippen LogP contribution in [0.1, 0.15) is 31.9 Å². The molecule has 0 radical (unpaired) electrons. The van der Waals surface area contributed by atoms with Gasteiger partial charge in [-0.15, -0.1) is 12.4 Å². The van der Waals surface area contributed by atoms with Crippen molar-refractivity contribution >= 4 is 29.9 Å². The number of amides is 1. The predicted molar refractivity (Wildman–Crippen MR) is 114 cm³/mol. The third-order valence-corrected chi connectivity index (χ3v) is 3.98. The van der Waals surface area contributed by atoms with E-state index in [0.717, 1.165) is 5.56 Å². The van der Waals surface area contributed by atoms with E-state index >= 15 is 0 Å². The van der Waals surface area contributed by atoms with Gasteiger partial charge in [0.25, 0.3) is 5.91 Å². The summed E-state index contributed by atoms with van der Waals surface area (Å²) in [6.07, 6.45) is 0.581. The van der Waals surface area contributed by atoms with E-state index in [1.165, 1.54) is 6.07 Å². The second-order valence-corrected chi connectivity index (χ2v) is 7.79. The van der Waals surface area contributed by atoms with E-state index in [1.54, 1.807) is 30.3 Å². The van der Waals surface area contributed by atoms with E-state index < -0.39 is 0 Å². The van der Waals surface area contributed by atoms with Crippen molar-refractivity contribution < 1.29 is 13.9 Å². The molecule has 154 valence electrons. The lowest BCUT2D eigenvalue weighted by Crippen LogP contribution is -2.43. The summed E-state index contributed by atoms with van der Waals surface area (Å²) in [7, 11) is 0. The summed E-state index contributed by atoms with van der Waals surface area (Å²) in [6, 6.07) is 12.0. The maximum absolute atomic E-state index is 13.6. The molecule has 1 amide bonds. The number of benzene rings is 2. The molecule has 0 fully saturated rings. The first-order chi connectivity index (χ1) is 12.7. The van der Waals surface area contributed by atoms with Crippen LogP contribution >= 0.6 is 24.0 Å². The fraction of sp³-hybridized carbons (Fsp3) is 0.381. The van der Waals surface area contributed by atoms with Gasteiger partial charge in [-0.05, 0) is 63.6 Å². The van der Waals surface area contributed by atoms with Crippen molar-refractivity contribution in [2.75, 3.05) is 13.2 Å². The summed E-state index contributed by atoms with van der Waals surface area (Å²) in [4.78, 5) is 11.9. The number of hydrogen-bond donors (Lipinski definition) is 2. The second-order valence-electron chi connectivity index (χ2n) is 7.36. The molecule has 0 unspecified atom stereocenters. The Morgan fingerprint density at radius 2 is 1.86 bits per heavy atom. The molecule has 0 aromatic heterocycles. The van der Waals surface area contributed by atoms with Gasteiger partial charge < -0.3 is 15.4 Å². The van der Waals surface area contributed by atoms with Gasteiger partial charge in [0.1, 0.15) is 11.6 Å². The molecular weight excluding hydrogens is 402 g/mol. The molecule has 0 aliphatic rings. The van der Waals surface area contributed by atoms with E-state index in [9.17, 15) is 9.18 Å². The van der Waals surface area contributed by atoms with Crippen molar-refractivity contribution in [3.8, 4) is 5.75 Å². The Morgan fingerprint density at radius 3 is 2.54 bits per heavy atom. The molecule has 7 heteroatoms. The lowest BCUT2D eigenvalue weighted by Gasteiger charge is -2.21. The largest absolute Gasteiger partial charge is 0.483 e. The number of rotatable bonds is 8. The van der Waals surface area contributed by atoms with Crippen molar-refractivity contribution in [1.29, 1.82) is 0 Å². The molecule has 2 rings (SSSR count). The number of nitrogens with one attached hydrogen (secondary N) is 2. The number of hydrogen-bond acceptors (Lipinski definition) is 3. The zero-order chi connectivity index (χ0) is 19.9. The lowest BCUT2D eigenvalue weighted by atomic mass is 10.1. The summed E-state index contributed by atoms with van der Waals surface area (Å²) in [5.41, 5.74) is 1.21. The topological polar surface area (TPSA) is 50.4 Å². The lowest BCUT2D eigenvalue weighted by molar-refractivity contribution is -0.124. The Morgan fingerprint density at radius 1 is 1.14 bits per heavy atom. The minimum absolute atomic E-state index is 0. The first-order valence-electron chi connectivity index (χ1n) is 8.91. The van der Waals surface area contributed by atoms with E-state index in [4.69, 9.17) is 16.3 Å². The molecular formula is C21H27Cl2FN2O2. The van der Waals surface area contributed by atoms with Crippen LogP contribution in [0.2, 0.25) is 5.02 Å². The first kappa shape index (κ1) is 24.2. The van der Waals surface area contributed by atoms with Crippen LogP contribution in [0.5, 0.6) is 5.75 Å². The number of halogens is 3. The maximum atomic E-state index is 13.6. The molecule has 28 heavy (non-hydrogen) atoms. The predicted octanol–water partition coefficient (Wildman–Crippen LogP) is 4.53. The SMILES string of the molecule is CC(C)(C)NC(=O)COc1ccc(Cl)cc1CNCCc1ccccc1F.Cl. The Hall–Kier alpha value is -1.82. The van der Waals surface area contributed by atoms with Crippen molar-refractivity contribution in [2.24, 2.45) is 0 Å². The standard InChI is InChI=1S/C21H26ClFN2O2.ClH/c1-21(2,3)25-20(26)14-27-19-9-8-17(22)12-16(19)13-24-11-10-15-6-4-5-7-18(15)23;/h4-9,12,24H,10-11,13-14H2,1-3H3,(H,25,26);1H. The average Bonchev–Trinajstić information content (AvgIpc) is 2.58. The zero-order valence-electron chi connectivity index (χ0n) is 16.4. The van der Waals surface area contributed by atoms with E-state index in [2.05, 4.69) is 10.6 Å². The maximum Gasteiger partial charge on any atom is 0.258 e. The molecule has 0 bridgehead atoms. The van der Waals surface area contributed by atoms with E-state index in [-0.39, 0.29) is 36.3 Å². The van der Waals surface area contributed by atoms with Gasteiger partial charge >= 0.3 is 0 Å². The number of ether oxygens (including phenoxy) is 1. The van der Waals surface area contributed by atoms with Gasteiger partial charge in [0.2, 0.25) is 0 Å². The third kappa shape index (κ3) is 8.46. The molecule has 0 spiro atoms. The van der Waals surface area contributed by atoms with Gasteiger partial charge in [-0.3, -0.25) is 4.79 Å². The highest BCUT2D eigenvalue weighted by atomic mass is 35.5. The Balaban J connectivity index is 0.00000392. The molecule has 0 heterocycles. The van der Waals surface area contributed by atoms with Crippen LogP contribution in [-0.4, -0.2) is 24.6 Å². The zero-order valence-corrected chi connectivity index (χ0v) is 17.9. The van der Waals surface area contributed by atoms with Crippen LogP contribution in [0.15, 0.2) is 42.5 Å². The van der Waals surface area contributed by atoms with Crippen LogP contribution in [0.25, 0.3) is 0 Å². The summed E-state index contributed by atoms with van der Waals surface area (Å²) >= 11 is 6.08. The minimum Gasteiger partial charge on any atom is -0.483 e. The molecule has 2 N–H and O–H groups in total. The Labute approximate surface area is 177 Å². The van der Waals surface area contributed by atoms with Gasteiger partial charge in [0.05, 0.1) is 0 Å². The molecule has 0 saturated heterocycles. The van der Waals surface area contributed by atoms with Crippen LogP contribution in [-0.2, 0) is 17.8 Å². The van der Waals surface area contributed by atoms with Crippen molar-refractivity contribution in [2.45, 2.75) is 39.3 Å². The van der Waals surface area contributed by atoms with Crippen molar-refractivity contribution in [1.82, 2.24) is 10.6 Å². The van der Waals surface area contributed by atoms with E-state index in [0.29, 0.717) is 35.8 Å². The summed E-state index contributed by atoms with van der Waals surface area (Å²) in [5.74, 6) is 0.216. The highest BCUT2D eigenvalue weighted by molar-refractivity contribution is 6.30. The molecule has 0 atom stereocenters. The van der Waals surface area contributed by atoms with Crippen molar-refractivity contribution in [3.05, 3.63) is 64.4 Å². The molecule has 4 nitrogen and oxygen atoms in total. The second kappa shape index (κ2) is 11.2. The van der Waals surface area contributed by atoms with E-state index in [1.807, 2.05) is 26.8 Å². The molecule has 2 aromatic carbocycles. The first-order valence-corrected chi connectivity index (χ1v) is 9.29. The fourth-order valence-corrected chi connectivity index (χ4v) is 2.77. The monoisotopic (exact) mass is 428 g/mol. The molecule has 0 aliphatic carbocycles. The Kier molecular flexibility index (Phi) is 9.73. The molecule has 0 aliphatic heterocycles. The van der Waals surface area contributed by atoms with Crippen LogP contribution < -0.4 is 15.4 Å². The fourth-order valence-electron chi connectivity index (χ4n) is 2.57.